The summed E-state index contributed by atoms with van der Waals surface area (Å²) in [4.78, 5) is 18.5. The van der Waals surface area contributed by atoms with E-state index in [9.17, 15) is 13.2 Å². The molecule has 0 unspecified atom stereocenters. The lowest BCUT2D eigenvalue weighted by Crippen LogP contribution is -2.27. The topological polar surface area (TPSA) is 129 Å². The molecule has 0 atom stereocenters. The summed E-state index contributed by atoms with van der Waals surface area (Å²) in [6.45, 7) is 1.63. The van der Waals surface area contributed by atoms with E-state index in [1.165, 1.54) is 12.6 Å². The fraction of sp³-hybridized carbons (Fsp3) is 0.333. The number of aromatic nitrogens is 4. The van der Waals surface area contributed by atoms with Gasteiger partial charge in [-0.15, -0.1) is 11.3 Å². The fourth-order valence-corrected chi connectivity index (χ4v) is 3.90. The van der Waals surface area contributed by atoms with E-state index >= 15 is 0 Å². The Morgan fingerprint density at radius 3 is 2.80 bits per heavy atom. The molecule has 0 radical (unpaired) electrons. The van der Waals surface area contributed by atoms with Crippen LogP contribution in [-0.4, -0.2) is 51.0 Å². The van der Waals surface area contributed by atoms with Gasteiger partial charge in [-0.3, -0.25) is 5.10 Å². The highest BCUT2D eigenvalue weighted by Crippen LogP contribution is 2.24. The van der Waals surface area contributed by atoms with Crippen molar-refractivity contribution < 1.29 is 18.3 Å². The number of H-pyrrole nitrogens is 1. The van der Waals surface area contributed by atoms with E-state index in [1.807, 2.05) is 0 Å². The van der Waals surface area contributed by atoms with Crippen LogP contribution >= 0.6 is 11.3 Å². The van der Waals surface area contributed by atoms with Gasteiger partial charge in [-0.1, -0.05) is 0 Å². The number of thiazole rings is 1. The Morgan fingerprint density at radius 1 is 1.55 bits per heavy atom. The zero-order chi connectivity index (χ0) is 14.9. The van der Waals surface area contributed by atoms with E-state index in [0.29, 0.717) is 11.6 Å². The van der Waals surface area contributed by atoms with Crippen molar-refractivity contribution in [2.75, 3.05) is 7.05 Å². The number of hydrogen-bond donors (Lipinski definition) is 2. The van der Waals surface area contributed by atoms with E-state index < -0.39 is 21.7 Å². The van der Waals surface area contributed by atoms with Crippen molar-refractivity contribution in [1.29, 1.82) is 0 Å². The summed E-state index contributed by atoms with van der Waals surface area (Å²) < 4.78 is 25.3. The van der Waals surface area contributed by atoms with Crippen LogP contribution in [0.4, 0.5) is 0 Å². The maximum absolute atomic E-state index is 12.3. The number of nitrogens with one attached hydrogen (secondary N) is 1. The Balaban J connectivity index is 2.30. The van der Waals surface area contributed by atoms with Crippen LogP contribution in [0.25, 0.3) is 0 Å². The summed E-state index contributed by atoms with van der Waals surface area (Å²) >= 11 is 0.759. The normalized spacial score (nSPS) is 11.9. The van der Waals surface area contributed by atoms with Gasteiger partial charge in [0.25, 0.3) is 10.0 Å². The average molecular weight is 317 g/mol. The predicted octanol–water partition coefficient (Wildman–Crippen LogP) is 0.0885. The fourth-order valence-electron chi connectivity index (χ4n) is 1.45. The smallest absolute Gasteiger partial charge is 0.356 e. The predicted molar refractivity (Wildman–Crippen MR) is 68.8 cm³/mol. The molecule has 0 aliphatic rings. The summed E-state index contributed by atoms with van der Waals surface area (Å²) in [6.07, 6.45) is 0. The zero-order valence-corrected chi connectivity index (χ0v) is 12.2. The van der Waals surface area contributed by atoms with Gasteiger partial charge in [0.1, 0.15) is 5.82 Å². The molecule has 0 saturated carbocycles. The number of aromatic carboxylic acids is 1. The highest BCUT2D eigenvalue weighted by Gasteiger charge is 2.30. The minimum absolute atomic E-state index is 0.0658. The van der Waals surface area contributed by atoms with Crippen LogP contribution in [0.3, 0.4) is 0 Å². The van der Waals surface area contributed by atoms with Crippen molar-refractivity contribution in [3.05, 3.63) is 22.9 Å². The van der Waals surface area contributed by atoms with Crippen molar-refractivity contribution >= 4 is 27.3 Å². The van der Waals surface area contributed by atoms with E-state index in [0.717, 1.165) is 15.6 Å². The molecule has 9 nitrogen and oxygen atoms in total. The lowest BCUT2D eigenvalue weighted by molar-refractivity contribution is 0.0687. The van der Waals surface area contributed by atoms with Crippen molar-refractivity contribution in [1.82, 2.24) is 24.5 Å². The number of carboxylic acid groups (broad SMARTS) is 1. The second-order valence-electron chi connectivity index (χ2n) is 3.89. The van der Waals surface area contributed by atoms with Crippen molar-refractivity contribution in [3.8, 4) is 0 Å². The molecule has 2 N–H and O–H groups in total. The first-order valence-corrected chi connectivity index (χ1v) is 7.65. The zero-order valence-electron chi connectivity index (χ0n) is 10.6. The van der Waals surface area contributed by atoms with Crippen LogP contribution in [0, 0.1) is 6.92 Å². The minimum atomic E-state index is -3.95. The first-order chi connectivity index (χ1) is 9.32. The standard InChI is InChI=1S/C9H11N5O4S2/c1-5-11-6(13-12-5)3-14(2)20(17,18)9-7(8(15)16)10-4-19-9/h4H,3H2,1-2H3,(H,15,16)(H,11,12,13). The highest BCUT2D eigenvalue weighted by molar-refractivity contribution is 7.91. The number of nitrogens with zero attached hydrogens (tertiary/aromatic N) is 4. The second-order valence-corrected chi connectivity index (χ2v) is 6.99. The summed E-state index contributed by atoms with van der Waals surface area (Å²) in [5.74, 6) is -0.517. The third-order valence-electron chi connectivity index (χ3n) is 2.39. The van der Waals surface area contributed by atoms with Crippen LogP contribution in [0.15, 0.2) is 9.72 Å². The van der Waals surface area contributed by atoms with E-state index in [-0.39, 0.29) is 10.8 Å². The Kier molecular flexibility index (Phi) is 3.83. The molecule has 0 saturated heterocycles. The minimum Gasteiger partial charge on any atom is -0.476 e. The molecule has 0 bridgehead atoms. The van der Waals surface area contributed by atoms with E-state index in [1.54, 1.807) is 6.92 Å². The molecule has 20 heavy (non-hydrogen) atoms. The molecule has 0 fully saturated rings. The lowest BCUT2D eigenvalue weighted by Gasteiger charge is -2.14. The summed E-state index contributed by atoms with van der Waals surface area (Å²) in [6, 6.07) is 0. The first-order valence-electron chi connectivity index (χ1n) is 5.33. The van der Waals surface area contributed by atoms with Crippen LogP contribution in [0.2, 0.25) is 0 Å². The van der Waals surface area contributed by atoms with Crippen molar-refractivity contribution in [2.45, 2.75) is 17.7 Å². The molecule has 2 rings (SSSR count). The number of rotatable bonds is 5. The van der Waals surface area contributed by atoms with Crippen LogP contribution in [0.5, 0.6) is 0 Å². The van der Waals surface area contributed by atoms with Crippen LogP contribution in [0.1, 0.15) is 22.1 Å². The van der Waals surface area contributed by atoms with Gasteiger partial charge in [0, 0.05) is 7.05 Å². The number of sulfonamides is 1. The largest absolute Gasteiger partial charge is 0.476 e. The van der Waals surface area contributed by atoms with Gasteiger partial charge in [0.2, 0.25) is 0 Å². The Morgan fingerprint density at radius 2 is 2.25 bits per heavy atom. The van der Waals surface area contributed by atoms with Gasteiger partial charge in [-0.2, -0.15) is 9.40 Å². The number of carbonyl (C=O) groups is 1. The van der Waals surface area contributed by atoms with E-state index in [4.69, 9.17) is 5.11 Å². The summed E-state index contributed by atoms with van der Waals surface area (Å²) in [5.41, 5.74) is 0.703. The average Bonchev–Trinajstić information content (AvgIpc) is 2.98. The van der Waals surface area contributed by atoms with Gasteiger partial charge in [0.15, 0.2) is 15.7 Å². The third kappa shape index (κ3) is 2.69. The molecule has 0 aromatic carbocycles. The van der Waals surface area contributed by atoms with Gasteiger partial charge in [-0.05, 0) is 6.92 Å². The monoisotopic (exact) mass is 317 g/mol. The van der Waals surface area contributed by atoms with Gasteiger partial charge >= 0.3 is 5.97 Å². The van der Waals surface area contributed by atoms with Gasteiger partial charge in [-0.25, -0.2) is 23.2 Å². The number of aryl methyl sites for hydroxylation is 1. The number of hydrogen-bond acceptors (Lipinski definition) is 7. The summed E-state index contributed by atoms with van der Waals surface area (Å²) in [5, 5.41) is 15.4. The lowest BCUT2D eigenvalue weighted by atomic mass is 10.5. The molecule has 0 spiro atoms. The molecule has 108 valence electrons. The molecule has 2 aromatic rings. The molecule has 0 aliphatic heterocycles. The molecule has 2 heterocycles. The Hall–Kier alpha value is -1.85. The Bertz CT molecular complexity index is 735. The van der Waals surface area contributed by atoms with Crippen LogP contribution in [-0.2, 0) is 16.6 Å². The maximum Gasteiger partial charge on any atom is 0.356 e. The van der Waals surface area contributed by atoms with Crippen LogP contribution < -0.4 is 0 Å². The second kappa shape index (κ2) is 5.26. The quantitative estimate of drug-likeness (QED) is 0.799. The number of carboxylic acids is 1. The Labute approximate surface area is 118 Å². The first kappa shape index (κ1) is 14.6. The summed E-state index contributed by atoms with van der Waals surface area (Å²) in [7, 11) is -2.62. The number of aromatic amines is 1. The van der Waals surface area contributed by atoms with Gasteiger partial charge in [0.05, 0.1) is 12.1 Å². The molecular formula is C9H11N5O4S2. The van der Waals surface area contributed by atoms with Gasteiger partial charge < -0.3 is 5.11 Å². The highest BCUT2D eigenvalue weighted by atomic mass is 32.2. The molecule has 11 heteroatoms. The maximum atomic E-state index is 12.3. The molecule has 0 aliphatic carbocycles. The molecular weight excluding hydrogens is 306 g/mol. The van der Waals surface area contributed by atoms with E-state index in [2.05, 4.69) is 20.2 Å². The third-order valence-corrected chi connectivity index (χ3v) is 5.54. The van der Waals surface area contributed by atoms with Crippen molar-refractivity contribution in [3.63, 3.8) is 0 Å². The molecule has 0 amide bonds. The molecule has 2 aromatic heterocycles. The SMILES string of the molecule is Cc1nc(CN(C)S(=O)(=O)c2scnc2C(=O)O)n[nH]1. The van der Waals surface area contributed by atoms with Crippen molar-refractivity contribution in [2.24, 2.45) is 0 Å².